The highest BCUT2D eigenvalue weighted by Crippen LogP contribution is 2.36. The van der Waals surface area contributed by atoms with E-state index in [1.165, 1.54) is 11.3 Å². The maximum absolute atomic E-state index is 12.2. The number of carbonyl (C=O) groups excluding carboxylic acids is 1. The summed E-state index contributed by atoms with van der Waals surface area (Å²) in [5, 5.41) is 1.32. The predicted molar refractivity (Wildman–Crippen MR) is 85.9 cm³/mol. The first-order valence-electron chi connectivity index (χ1n) is 5.80. The first-order chi connectivity index (χ1) is 9.66. The number of thiophene rings is 1. The third-order valence-corrected chi connectivity index (χ3v) is 5.07. The summed E-state index contributed by atoms with van der Waals surface area (Å²) >= 11 is 10.9. The van der Waals surface area contributed by atoms with E-state index >= 15 is 0 Å². The first kappa shape index (κ1) is 13.6. The number of hydrogen-bond donors (Lipinski definition) is 0. The van der Waals surface area contributed by atoms with Crippen LogP contribution in [0.5, 0.6) is 5.75 Å². The van der Waals surface area contributed by atoms with Crippen LogP contribution in [-0.2, 0) is 0 Å². The van der Waals surface area contributed by atoms with Crippen molar-refractivity contribution in [1.82, 2.24) is 0 Å². The van der Waals surface area contributed by atoms with Crippen LogP contribution in [-0.4, -0.2) is 5.97 Å². The lowest BCUT2D eigenvalue weighted by atomic mass is 10.2. The predicted octanol–water partition coefficient (Wildman–Crippen LogP) is 5.54. The van der Waals surface area contributed by atoms with E-state index in [4.69, 9.17) is 16.3 Å². The molecule has 1 aromatic heterocycles. The molecule has 0 saturated heterocycles. The molecule has 0 N–H and O–H groups in total. The van der Waals surface area contributed by atoms with Crippen molar-refractivity contribution in [2.24, 2.45) is 0 Å². The summed E-state index contributed by atoms with van der Waals surface area (Å²) in [6, 6.07) is 14.8. The second-order valence-electron chi connectivity index (χ2n) is 4.06. The molecule has 0 radical (unpaired) electrons. The van der Waals surface area contributed by atoms with Gasteiger partial charge in [0.05, 0.1) is 9.50 Å². The van der Waals surface area contributed by atoms with Crippen molar-refractivity contribution in [2.75, 3.05) is 0 Å². The summed E-state index contributed by atoms with van der Waals surface area (Å²) in [6.45, 7) is 0. The van der Waals surface area contributed by atoms with Crippen molar-refractivity contribution < 1.29 is 9.53 Å². The van der Waals surface area contributed by atoms with Gasteiger partial charge in [0.25, 0.3) is 0 Å². The minimum absolute atomic E-state index is 0.420. The highest BCUT2D eigenvalue weighted by atomic mass is 79.9. The quantitative estimate of drug-likeness (QED) is 0.439. The van der Waals surface area contributed by atoms with Gasteiger partial charge < -0.3 is 4.74 Å². The zero-order chi connectivity index (χ0) is 14.1. The van der Waals surface area contributed by atoms with Gasteiger partial charge in [0.1, 0.15) is 10.6 Å². The van der Waals surface area contributed by atoms with Crippen LogP contribution < -0.4 is 4.74 Å². The van der Waals surface area contributed by atoms with Crippen LogP contribution in [0.3, 0.4) is 0 Å². The molecule has 100 valence electrons. The molecule has 3 aromatic rings. The minimum Gasteiger partial charge on any atom is -0.421 e. The Labute approximate surface area is 133 Å². The van der Waals surface area contributed by atoms with E-state index in [1.807, 2.05) is 36.4 Å². The zero-order valence-corrected chi connectivity index (χ0v) is 13.3. The van der Waals surface area contributed by atoms with Crippen LogP contribution in [0, 0.1) is 0 Å². The molecular formula is C15H8BrClO2S. The van der Waals surface area contributed by atoms with Crippen LogP contribution in [0.2, 0.25) is 5.02 Å². The van der Waals surface area contributed by atoms with Gasteiger partial charge in [0.2, 0.25) is 0 Å². The van der Waals surface area contributed by atoms with E-state index in [-0.39, 0.29) is 0 Å². The molecule has 0 saturated carbocycles. The van der Waals surface area contributed by atoms with Gasteiger partial charge in [-0.05, 0) is 34.1 Å². The fourth-order valence-electron chi connectivity index (χ4n) is 1.82. The minimum atomic E-state index is -0.442. The Bertz CT molecular complexity index is 797. The number of rotatable bonds is 2. The highest BCUT2D eigenvalue weighted by molar-refractivity contribution is 9.10. The Balaban J connectivity index is 1.97. The SMILES string of the molecule is O=C(Oc1ccccc1Br)c1sc2ccccc2c1Cl. The number of ether oxygens (including phenoxy) is 1. The lowest BCUT2D eigenvalue weighted by Crippen LogP contribution is -2.07. The summed E-state index contributed by atoms with van der Waals surface area (Å²) in [4.78, 5) is 12.7. The van der Waals surface area contributed by atoms with E-state index in [0.29, 0.717) is 15.6 Å². The average molecular weight is 368 g/mol. The summed E-state index contributed by atoms with van der Waals surface area (Å²) in [7, 11) is 0. The topological polar surface area (TPSA) is 26.3 Å². The largest absolute Gasteiger partial charge is 0.421 e. The summed E-state index contributed by atoms with van der Waals surface area (Å²) < 4.78 is 7.08. The molecule has 2 aromatic carbocycles. The number of benzene rings is 2. The van der Waals surface area contributed by atoms with Crippen molar-refractivity contribution >= 4 is 54.9 Å². The van der Waals surface area contributed by atoms with Crippen molar-refractivity contribution in [3.8, 4) is 5.75 Å². The third kappa shape index (κ3) is 2.46. The van der Waals surface area contributed by atoms with Crippen LogP contribution in [0.25, 0.3) is 10.1 Å². The number of fused-ring (bicyclic) bond motifs is 1. The van der Waals surface area contributed by atoms with Crippen LogP contribution in [0.4, 0.5) is 0 Å². The first-order valence-corrected chi connectivity index (χ1v) is 7.79. The van der Waals surface area contributed by atoms with Crippen LogP contribution in [0.1, 0.15) is 9.67 Å². The molecule has 20 heavy (non-hydrogen) atoms. The third-order valence-electron chi connectivity index (χ3n) is 2.76. The van der Waals surface area contributed by atoms with E-state index < -0.39 is 5.97 Å². The lowest BCUT2D eigenvalue weighted by molar-refractivity contribution is 0.0739. The Morgan fingerprint density at radius 3 is 2.55 bits per heavy atom. The molecule has 0 aliphatic rings. The van der Waals surface area contributed by atoms with Crippen LogP contribution >= 0.6 is 38.9 Å². The average Bonchev–Trinajstić information content (AvgIpc) is 2.79. The lowest BCUT2D eigenvalue weighted by Gasteiger charge is -2.04. The van der Waals surface area contributed by atoms with Crippen molar-refractivity contribution in [2.45, 2.75) is 0 Å². The Kier molecular flexibility index (Phi) is 3.78. The molecule has 5 heteroatoms. The number of para-hydroxylation sites is 1. The van der Waals surface area contributed by atoms with Gasteiger partial charge >= 0.3 is 5.97 Å². The molecule has 1 heterocycles. The van der Waals surface area contributed by atoms with Crippen LogP contribution in [0.15, 0.2) is 53.0 Å². The van der Waals surface area contributed by atoms with Gasteiger partial charge in [-0.25, -0.2) is 4.79 Å². The molecule has 0 bridgehead atoms. The second kappa shape index (κ2) is 5.56. The van der Waals surface area contributed by atoms with Gasteiger partial charge in [0.15, 0.2) is 0 Å². The fraction of sp³-hybridized carbons (Fsp3) is 0. The molecule has 3 rings (SSSR count). The smallest absolute Gasteiger partial charge is 0.355 e. The highest BCUT2D eigenvalue weighted by Gasteiger charge is 2.19. The Hall–Kier alpha value is -1.36. The molecule has 0 fully saturated rings. The molecule has 0 amide bonds. The molecular weight excluding hydrogens is 360 g/mol. The maximum atomic E-state index is 12.2. The summed E-state index contributed by atoms with van der Waals surface area (Å²) in [5.74, 6) is 0.0362. The fourth-order valence-corrected chi connectivity index (χ4v) is 3.57. The monoisotopic (exact) mass is 366 g/mol. The van der Waals surface area contributed by atoms with Crippen molar-refractivity contribution in [3.63, 3.8) is 0 Å². The van der Waals surface area contributed by atoms with E-state index in [0.717, 1.165) is 14.6 Å². The number of esters is 1. The van der Waals surface area contributed by atoms with E-state index in [9.17, 15) is 4.79 Å². The van der Waals surface area contributed by atoms with E-state index in [2.05, 4.69) is 15.9 Å². The van der Waals surface area contributed by atoms with Gasteiger partial charge in [0, 0.05) is 10.1 Å². The zero-order valence-electron chi connectivity index (χ0n) is 10.1. The van der Waals surface area contributed by atoms with Gasteiger partial charge in [-0.1, -0.05) is 41.9 Å². The van der Waals surface area contributed by atoms with E-state index in [1.54, 1.807) is 12.1 Å². The molecule has 0 atom stereocenters. The number of hydrogen-bond acceptors (Lipinski definition) is 3. The van der Waals surface area contributed by atoms with Gasteiger partial charge in [-0.2, -0.15) is 0 Å². The normalized spacial score (nSPS) is 10.7. The van der Waals surface area contributed by atoms with Gasteiger partial charge in [-0.3, -0.25) is 0 Å². The molecule has 0 aliphatic heterocycles. The van der Waals surface area contributed by atoms with Gasteiger partial charge in [-0.15, -0.1) is 11.3 Å². The summed E-state index contributed by atoms with van der Waals surface area (Å²) in [6.07, 6.45) is 0. The van der Waals surface area contributed by atoms with Crippen molar-refractivity contribution in [3.05, 3.63) is 62.9 Å². The molecule has 0 aliphatic carbocycles. The number of halogens is 2. The second-order valence-corrected chi connectivity index (χ2v) is 6.35. The maximum Gasteiger partial charge on any atom is 0.355 e. The molecule has 0 spiro atoms. The summed E-state index contributed by atoms with van der Waals surface area (Å²) in [5.41, 5.74) is 0. The van der Waals surface area contributed by atoms with Crippen molar-refractivity contribution in [1.29, 1.82) is 0 Å². The standard InChI is InChI=1S/C15H8BrClO2S/c16-10-6-2-3-7-11(10)19-15(18)14-13(17)9-5-1-4-8-12(9)20-14/h1-8H. The Morgan fingerprint density at radius 2 is 1.80 bits per heavy atom. The number of carbonyl (C=O) groups is 1. The molecule has 0 unspecified atom stereocenters. The Morgan fingerprint density at radius 1 is 1.10 bits per heavy atom. The molecule has 2 nitrogen and oxygen atoms in total.